The third kappa shape index (κ3) is 3.51. The van der Waals surface area contributed by atoms with Gasteiger partial charge in [-0.1, -0.05) is 13.8 Å². The lowest BCUT2D eigenvalue weighted by Gasteiger charge is -2.53. The first-order chi connectivity index (χ1) is 15.4. The molecule has 170 valence electrons. The van der Waals surface area contributed by atoms with Crippen LogP contribution in [-0.4, -0.2) is 44.4 Å². The Labute approximate surface area is 187 Å². The van der Waals surface area contributed by atoms with Crippen LogP contribution in [0.3, 0.4) is 0 Å². The molecule has 3 aliphatic heterocycles. The Balaban J connectivity index is 1.59. The molecule has 3 aliphatic rings. The summed E-state index contributed by atoms with van der Waals surface area (Å²) in [6.07, 6.45) is 2.25. The Morgan fingerprint density at radius 3 is 2.69 bits per heavy atom. The molecule has 2 fully saturated rings. The molecule has 1 aromatic heterocycles. The van der Waals surface area contributed by atoms with Crippen LogP contribution in [0.15, 0.2) is 30.3 Å². The van der Waals surface area contributed by atoms with Crippen LogP contribution < -0.4 is 15.3 Å². The number of esters is 1. The summed E-state index contributed by atoms with van der Waals surface area (Å²) in [6, 6.07) is 8.12. The average Bonchev–Trinajstić information content (AvgIpc) is 3.17. The molecule has 0 saturated carbocycles. The molecule has 2 aromatic rings. The Bertz CT molecular complexity index is 1010. The Kier molecular flexibility index (Phi) is 5.29. The van der Waals surface area contributed by atoms with Gasteiger partial charge in [0.25, 0.3) is 0 Å². The van der Waals surface area contributed by atoms with Crippen molar-refractivity contribution in [2.75, 3.05) is 43.3 Å². The van der Waals surface area contributed by atoms with Crippen molar-refractivity contribution in [2.24, 2.45) is 11.3 Å². The summed E-state index contributed by atoms with van der Waals surface area (Å²) in [6.45, 7) is 7.72. The van der Waals surface area contributed by atoms with Gasteiger partial charge in [-0.3, -0.25) is 5.01 Å². The number of aromatic nitrogens is 1. The first-order valence-corrected chi connectivity index (χ1v) is 11.2. The largest absolute Gasteiger partial charge is 0.464 e. The van der Waals surface area contributed by atoms with Crippen LogP contribution in [0.25, 0.3) is 0 Å². The lowest BCUT2D eigenvalue weighted by atomic mass is 9.75. The minimum Gasteiger partial charge on any atom is -0.464 e. The number of hydrogen-bond acceptors (Lipinski definition) is 7. The van der Waals surface area contributed by atoms with Crippen molar-refractivity contribution in [2.45, 2.75) is 32.7 Å². The maximum atomic E-state index is 13.6. The molecule has 8 heteroatoms. The van der Waals surface area contributed by atoms with Crippen LogP contribution >= 0.6 is 0 Å². The van der Waals surface area contributed by atoms with E-state index in [0.717, 1.165) is 56.1 Å². The van der Waals surface area contributed by atoms with E-state index in [2.05, 4.69) is 29.2 Å². The van der Waals surface area contributed by atoms with Gasteiger partial charge in [0.15, 0.2) is 11.5 Å². The number of anilines is 3. The zero-order valence-electron chi connectivity index (χ0n) is 18.7. The van der Waals surface area contributed by atoms with Crippen LogP contribution in [0.4, 0.5) is 21.6 Å². The highest BCUT2D eigenvalue weighted by molar-refractivity contribution is 5.91. The summed E-state index contributed by atoms with van der Waals surface area (Å²) in [5, 5.41) is 1.86. The Hall–Kier alpha value is -2.71. The number of benzene rings is 1. The Morgan fingerprint density at radius 2 is 2.06 bits per heavy atom. The van der Waals surface area contributed by atoms with E-state index < -0.39 is 5.97 Å². The molecule has 0 radical (unpaired) electrons. The number of methoxy groups -OCH3 is 1. The smallest absolute Gasteiger partial charge is 0.356 e. The molecule has 0 aliphatic carbocycles. The zero-order valence-corrected chi connectivity index (χ0v) is 18.7. The molecule has 32 heavy (non-hydrogen) atoms. The van der Waals surface area contributed by atoms with Gasteiger partial charge >= 0.3 is 5.97 Å². The number of rotatable bonds is 4. The van der Waals surface area contributed by atoms with Crippen molar-refractivity contribution >= 4 is 23.2 Å². The molecule has 1 spiro atoms. The van der Waals surface area contributed by atoms with E-state index >= 15 is 0 Å². The van der Waals surface area contributed by atoms with Crippen molar-refractivity contribution in [3.63, 3.8) is 0 Å². The standard InChI is InChI=1S/C24H29FN4O3/c1-15(2)21-20-19(28-12-24(13-28)9-4-10-32-14-24)11-18(23(30)31-3)26-22(20)29(27-21)17-7-5-16(25)6-8-17/h5-8,11,15,21,27H,4,9-10,12-14H2,1-3H3. The van der Waals surface area contributed by atoms with Gasteiger partial charge in [0, 0.05) is 36.4 Å². The predicted molar refractivity (Wildman–Crippen MR) is 120 cm³/mol. The second kappa shape index (κ2) is 8.01. The molecule has 5 rings (SSSR count). The van der Waals surface area contributed by atoms with E-state index in [1.54, 1.807) is 12.1 Å². The molecular formula is C24H29FN4O3. The van der Waals surface area contributed by atoms with Gasteiger partial charge in [0.05, 0.1) is 25.4 Å². The third-order valence-electron chi connectivity index (χ3n) is 6.75. The highest BCUT2D eigenvalue weighted by atomic mass is 19.1. The van der Waals surface area contributed by atoms with Gasteiger partial charge in [-0.2, -0.15) is 0 Å². The number of nitrogens with one attached hydrogen (secondary N) is 1. The van der Waals surface area contributed by atoms with Gasteiger partial charge in [-0.05, 0) is 49.1 Å². The minimum atomic E-state index is -0.475. The van der Waals surface area contributed by atoms with Crippen LogP contribution in [0.5, 0.6) is 0 Å². The fraction of sp³-hybridized carbons (Fsp3) is 0.500. The van der Waals surface area contributed by atoms with Gasteiger partial charge in [-0.15, -0.1) is 0 Å². The van der Waals surface area contributed by atoms with Gasteiger partial charge in [0.1, 0.15) is 5.82 Å². The van der Waals surface area contributed by atoms with E-state index in [1.807, 2.05) is 11.1 Å². The second-order valence-electron chi connectivity index (χ2n) is 9.43. The van der Waals surface area contributed by atoms with E-state index in [1.165, 1.54) is 19.2 Å². The SMILES string of the molecule is COC(=O)c1cc(N2CC3(CCCOC3)C2)c2c(n1)N(c1ccc(F)cc1)NC2C(C)C. The maximum absolute atomic E-state index is 13.6. The molecule has 1 N–H and O–H groups in total. The van der Waals surface area contributed by atoms with Crippen LogP contribution in [-0.2, 0) is 9.47 Å². The molecule has 0 bridgehead atoms. The molecule has 1 aromatic carbocycles. The number of hydrazine groups is 1. The molecule has 4 heterocycles. The van der Waals surface area contributed by atoms with E-state index in [0.29, 0.717) is 5.82 Å². The number of carbonyl (C=O) groups excluding carboxylic acids is 1. The first-order valence-electron chi connectivity index (χ1n) is 11.2. The molecule has 1 atom stereocenters. The van der Waals surface area contributed by atoms with Gasteiger partial charge < -0.3 is 14.4 Å². The summed E-state index contributed by atoms with van der Waals surface area (Å²) < 4.78 is 24.3. The van der Waals surface area contributed by atoms with E-state index in [4.69, 9.17) is 9.47 Å². The van der Waals surface area contributed by atoms with Crippen molar-refractivity contribution in [3.05, 3.63) is 47.4 Å². The number of fused-ring (bicyclic) bond motifs is 1. The lowest BCUT2D eigenvalue weighted by molar-refractivity contribution is -0.0235. The number of carbonyl (C=O) groups is 1. The molecular weight excluding hydrogens is 411 g/mol. The fourth-order valence-corrected chi connectivity index (χ4v) is 5.10. The zero-order chi connectivity index (χ0) is 22.5. The monoisotopic (exact) mass is 440 g/mol. The second-order valence-corrected chi connectivity index (χ2v) is 9.43. The van der Waals surface area contributed by atoms with E-state index in [9.17, 15) is 9.18 Å². The van der Waals surface area contributed by atoms with Crippen LogP contribution in [0.2, 0.25) is 0 Å². The summed E-state index contributed by atoms with van der Waals surface area (Å²) >= 11 is 0. The topological polar surface area (TPSA) is 66.9 Å². The molecule has 2 saturated heterocycles. The first kappa shape index (κ1) is 21.2. The highest BCUT2D eigenvalue weighted by Crippen LogP contribution is 2.49. The fourth-order valence-electron chi connectivity index (χ4n) is 5.10. The number of hydrogen-bond donors (Lipinski definition) is 1. The minimum absolute atomic E-state index is 0.00315. The number of halogens is 1. The summed E-state index contributed by atoms with van der Waals surface area (Å²) in [5.41, 5.74) is 6.81. The molecule has 7 nitrogen and oxygen atoms in total. The van der Waals surface area contributed by atoms with Crippen molar-refractivity contribution in [1.29, 1.82) is 0 Å². The van der Waals surface area contributed by atoms with Crippen LogP contribution in [0.1, 0.15) is 48.8 Å². The maximum Gasteiger partial charge on any atom is 0.356 e. The highest BCUT2D eigenvalue weighted by Gasteiger charge is 2.47. The Morgan fingerprint density at radius 1 is 1.31 bits per heavy atom. The molecule has 0 amide bonds. The lowest BCUT2D eigenvalue weighted by Crippen LogP contribution is -2.60. The van der Waals surface area contributed by atoms with Crippen molar-refractivity contribution in [3.8, 4) is 0 Å². The van der Waals surface area contributed by atoms with Crippen molar-refractivity contribution < 1.29 is 18.7 Å². The third-order valence-corrected chi connectivity index (χ3v) is 6.75. The van der Waals surface area contributed by atoms with Crippen molar-refractivity contribution in [1.82, 2.24) is 10.4 Å². The normalized spacial score (nSPS) is 21.6. The molecule has 1 unspecified atom stereocenters. The summed E-state index contributed by atoms with van der Waals surface area (Å²) in [5.74, 6) is 0.162. The van der Waals surface area contributed by atoms with Gasteiger partial charge in [-0.25, -0.2) is 19.6 Å². The van der Waals surface area contributed by atoms with Crippen LogP contribution in [0, 0.1) is 17.2 Å². The van der Waals surface area contributed by atoms with Gasteiger partial charge in [0.2, 0.25) is 0 Å². The predicted octanol–water partition coefficient (Wildman–Crippen LogP) is 3.98. The average molecular weight is 441 g/mol. The number of pyridine rings is 1. The van der Waals surface area contributed by atoms with E-state index in [-0.39, 0.29) is 28.9 Å². The summed E-state index contributed by atoms with van der Waals surface area (Å²) in [4.78, 5) is 19.5. The number of ether oxygens (including phenoxy) is 2. The quantitative estimate of drug-likeness (QED) is 0.722. The number of nitrogens with zero attached hydrogens (tertiary/aromatic N) is 3. The summed E-state index contributed by atoms with van der Waals surface area (Å²) in [7, 11) is 1.36.